The predicted molar refractivity (Wildman–Crippen MR) is 342 cm³/mol. The summed E-state index contributed by atoms with van der Waals surface area (Å²) in [5, 5.41) is 156. The maximum Gasteiger partial charge on any atom is 0.314 e. The molecule has 34 heteroatoms. The second kappa shape index (κ2) is 31.6. The third-order valence-corrected chi connectivity index (χ3v) is 24.6. The first kappa shape index (κ1) is 80.8. The summed E-state index contributed by atoms with van der Waals surface area (Å²) in [6.07, 6.45) is -41.5. The van der Waals surface area contributed by atoms with Gasteiger partial charge in [0.15, 0.2) is 43.3 Å². The Hall–Kier alpha value is -3.23. The Morgan fingerprint density at radius 2 is 1.09 bits per heavy atom. The number of aliphatic hydroxyl groups is 14. The van der Waals surface area contributed by atoms with Gasteiger partial charge in [-0.15, -0.1) is 6.58 Å². The van der Waals surface area contributed by atoms with E-state index >= 15 is 4.79 Å². The molecule has 7 saturated heterocycles. The fourth-order valence-electron chi connectivity index (χ4n) is 19.4. The van der Waals surface area contributed by atoms with Crippen molar-refractivity contribution in [3.63, 3.8) is 0 Å². The number of methoxy groups -OCH3 is 2. The average Bonchev–Trinajstić information content (AvgIpc) is 1.50. The Morgan fingerprint density at radius 3 is 1.67 bits per heavy atom. The van der Waals surface area contributed by atoms with Gasteiger partial charge in [-0.25, -0.2) is 0 Å². The van der Waals surface area contributed by atoms with Crippen molar-refractivity contribution in [3.05, 3.63) is 23.8 Å². The minimum atomic E-state index is -2.03. The zero-order chi connectivity index (χ0) is 75.1. The molecule has 34 nitrogen and oxygen atoms in total. The van der Waals surface area contributed by atoms with Crippen LogP contribution in [0.25, 0.3) is 0 Å². The topological polar surface area (TPSA) is 491 Å². The van der Waals surface area contributed by atoms with Gasteiger partial charge in [0.05, 0.1) is 57.1 Å². The number of allylic oxidation sites excluding steroid dienone is 3. The van der Waals surface area contributed by atoms with Gasteiger partial charge in [0.2, 0.25) is 0 Å². The maximum atomic E-state index is 15.1. The van der Waals surface area contributed by atoms with Gasteiger partial charge in [-0.05, 0) is 93.3 Å². The van der Waals surface area contributed by atoms with E-state index in [2.05, 4.69) is 40.3 Å². The van der Waals surface area contributed by atoms with Crippen LogP contribution in [0.1, 0.15) is 107 Å². The molecule has 4 aliphatic carbocycles. The quantitative estimate of drug-likeness (QED) is 0.0202. The first-order chi connectivity index (χ1) is 48.6. The van der Waals surface area contributed by atoms with Gasteiger partial charge in [-0.1, -0.05) is 44.9 Å². The summed E-state index contributed by atoms with van der Waals surface area (Å²) >= 11 is 0. The molecule has 0 bridgehead atoms. The molecule has 0 amide bonds. The lowest BCUT2D eigenvalue weighted by Crippen LogP contribution is -2.66. The van der Waals surface area contributed by atoms with Crippen molar-refractivity contribution < 1.29 is 166 Å². The molecule has 10 fully saturated rings. The summed E-state index contributed by atoms with van der Waals surface area (Å²) in [5.74, 6) is -2.51. The summed E-state index contributed by atoms with van der Waals surface area (Å²) in [6.45, 7) is 14.8. The lowest BCUT2D eigenvalue weighted by Gasteiger charge is -2.63. The van der Waals surface area contributed by atoms with E-state index in [1.54, 1.807) is 6.92 Å². The molecular formula is C69H108O34. The van der Waals surface area contributed by atoms with Crippen LogP contribution in [0.5, 0.6) is 0 Å². The zero-order valence-corrected chi connectivity index (χ0v) is 59.7. The van der Waals surface area contributed by atoms with Crippen LogP contribution < -0.4 is 0 Å². The Labute approximate surface area is 596 Å². The summed E-state index contributed by atoms with van der Waals surface area (Å²) in [6, 6.07) is 0. The molecule has 11 rings (SSSR count). The molecule has 588 valence electrons. The van der Waals surface area contributed by atoms with Crippen LogP contribution >= 0.6 is 0 Å². The Balaban J connectivity index is 0.827. The molecule has 11 aliphatic rings. The first-order valence-corrected chi connectivity index (χ1v) is 35.6. The van der Waals surface area contributed by atoms with E-state index in [9.17, 15) is 81.1 Å². The lowest BCUT2D eigenvalue weighted by atomic mass is 9.41. The summed E-state index contributed by atoms with van der Waals surface area (Å²) in [4.78, 5) is 41.0. The van der Waals surface area contributed by atoms with Crippen LogP contribution in [-0.2, 0) is 94.9 Å². The van der Waals surface area contributed by atoms with Gasteiger partial charge < -0.3 is 152 Å². The molecule has 3 saturated carbocycles. The highest BCUT2D eigenvalue weighted by molar-refractivity contribution is 5.84. The fourth-order valence-corrected chi connectivity index (χ4v) is 19.4. The molecule has 37 atom stereocenters. The van der Waals surface area contributed by atoms with Gasteiger partial charge >= 0.3 is 17.9 Å². The molecular weight excluding hydrogens is 1370 g/mol. The number of carbonyl (C=O) groups is 3. The molecule has 1 unspecified atom stereocenters. The van der Waals surface area contributed by atoms with E-state index in [0.717, 1.165) is 11.1 Å². The number of cyclic esters (lactones) is 1. The first-order valence-electron chi connectivity index (χ1n) is 35.6. The third-order valence-electron chi connectivity index (χ3n) is 24.6. The van der Waals surface area contributed by atoms with Crippen LogP contribution in [0.4, 0.5) is 0 Å². The van der Waals surface area contributed by atoms with Crippen LogP contribution in [0.3, 0.4) is 0 Å². The van der Waals surface area contributed by atoms with Crippen molar-refractivity contribution >= 4 is 17.9 Å². The molecule has 103 heavy (non-hydrogen) atoms. The highest BCUT2D eigenvalue weighted by Gasteiger charge is 2.81. The molecule has 0 aromatic rings. The van der Waals surface area contributed by atoms with Crippen molar-refractivity contribution in [2.45, 2.75) is 297 Å². The van der Waals surface area contributed by atoms with Crippen molar-refractivity contribution in [1.82, 2.24) is 0 Å². The predicted octanol–water partition coefficient (Wildman–Crippen LogP) is -3.75. The van der Waals surface area contributed by atoms with Crippen molar-refractivity contribution in [1.29, 1.82) is 0 Å². The molecule has 0 aromatic heterocycles. The second-order valence-corrected chi connectivity index (χ2v) is 31.1. The number of hydrogen-bond donors (Lipinski definition) is 14. The number of aliphatic hydroxyl groups excluding tert-OH is 14. The summed E-state index contributed by atoms with van der Waals surface area (Å²) in [5.41, 5.74) is -2.61. The largest absolute Gasteiger partial charge is 0.462 e. The summed E-state index contributed by atoms with van der Waals surface area (Å²) in [7, 11) is 2.39. The Morgan fingerprint density at radius 1 is 0.563 bits per heavy atom. The van der Waals surface area contributed by atoms with E-state index < -0.39 is 275 Å². The van der Waals surface area contributed by atoms with Crippen LogP contribution in [0.15, 0.2) is 23.8 Å². The molecule has 0 radical (unpaired) electrons. The maximum absolute atomic E-state index is 15.1. The highest BCUT2D eigenvalue weighted by atomic mass is 16.8. The van der Waals surface area contributed by atoms with E-state index in [4.69, 9.17) is 80.5 Å². The normalized spacial score (nSPS) is 49.9. The van der Waals surface area contributed by atoms with E-state index in [-0.39, 0.29) is 18.3 Å². The fraction of sp³-hybridized carbons (Fsp3) is 0.899. The number of esters is 3. The van der Waals surface area contributed by atoms with Gasteiger partial charge in [-0.2, -0.15) is 0 Å². The molecule has 14 N–H and O–H groups in total. The summed E-state index contributed by atoms with van der Waals surface area (Å²) < 4.78 is 102. The van der Waals surface area contributed by atoms with Crippen molar-refractivity contribution in [3.8, 4) is 0 Å². The smallest absolute Gasteiger partial charge is 0.314 e. The van der Waals surface area contributed by atoms with Gasteiger partial charge in [0, 0.05) is 28.1 Å². The van der Waals surface area contributed by atoms with Crippen molar-refractivity contribution in [2.24, 2.45) is 39.4 Å². The lowest BCUT2D eigenvalue weighted by molar-refractivity contribution is -0.389. The Kier molecular flexibility index (Phi) is 24.8. The molecule has 7 aliphatic heterocycles. The zero-order valence-electron chi connectivity index (χ0n) is 59.7. The monoisotopic (exact) mass is 1480 g/mol. The minimum absolute atomic E-state index is 0.114. The standard InChI is InChI=1S/C69H108O34/c1-27(2)12-15-41(93-29(4)74)68(9)57-33(92-28(3)73)20-67(8)31-13-14-39-65(5,6)40(17-18-66(39,7)30(31)16-19-69(57,67)64(86)103-68)99-63-56(45(79)38(26-91-63)98-60-48(82)46(80)53(36(23-72)96-60)101-62-51(85)55(88-11)44(78)35(22-71)95-62)102-58-47(81)42(76)37(25-90-58)97-59-49(83)52(32(75)24-89-59)100-61-50(84)54(87-10)43(77)34(21-70)94-61/h16,31-63,70-72,75-85H,1,12-15,17-26H2,2-11H3/t31-,32-,33+,34-,35-,36-,37-,38-,39+,40+,41-,42+,43-,44-,45+,46-,47-,48-,49-,50-,51-,52+,53-,54+,55+,56-,57-,58+,59+,60+,61+,62+,63+,66-,67+,68+,69?/m1/s1. The van der Waals surface area contributed by atoms with Gasteiger partial charge in [0.25, 0.3) is 0 Å². The highest BCUT2D eigenvalue weighted by Crippen LogP contribution is 2.76. The molecule has 7 heterocycles. The molecule has 0 aromatic carbocycles. The van der Waals surface area contributed by atoms with Crippen molar-refractivity contribution in [2.75, 3.05) is 53.9 Å². The number of fused-ring (bicyclic) bond motifs is 4. The van der Waals surface area contributed by atoms with E-state index in [1.165, 1.54) is 28.1 Å². The second-order valence-electron chi connectivity index (χ2n) is 31.1. The Bertz CT molecular complexity index is 2980. The number of carbonyl (C=O) groups excluding carboxylic acids is 3. The van der Waals surface area contributed by atoms with E-state index in [0.29, 0.717) is 44.9 Å². The number of ether oxygens (including phenoxy) is 17. The van der Waals surface area contributed by atoms with Gasteiger partial charge in [0.1, 0.15) is 140 Å². The average molecular weight is 1480 g/mol. The van der Waals surface area contributed by atoms with Crippen LogP contribution in [0.2, 0.25) is 0 Å². The van der Waals surface area contributed by atoms with Gasteiger partial charge in [-0.3, -0.25) is 14.4 Å². The number of rotatable bonds is 23. The van der Waals surface area contributed by atoms with E-state index in [1.807, 2.05) is 6.92 Å². The van der Waals surface area contributed by atoms with Crippen LogP contribution in [0, 0.1) is 39.4 Å². The number of hydrogen-bond acceptors (Lipinski definition) is 34. The molecule has 1 spiro atoms. The minimum Gasteiger partial charge on any atom is -0.462 e. The van der Waals surface area contributed by atoms with Crippen LogP contribution in [-0.4, -0.2) is 333 Å². The SMILES string of the molecule is C=C(C)CC[C@@H](OC(C)=O)[C@]1(C)OC(=O)C23CC=C4[C@@H](CC[C@H]5C(C)(C)[C@@H](O[C@@H]6OC[C@@H](O[C@@H]7O[C@H](CO)[C@@H](O[C@@H]8O[C@H](CO)[C@@H](O)[C@H](OC)[C@H]8O)[C@H](O)[C@H]7O)[C@H](O)[C@H]6O[C@@H]6OC[C@@H](O[C@@H]7OC[C@@H](O)[C@H](O[C@@H]8O[C@H](CO)[C@@H](O)[C@H](OC)[C@H]8O)[C@H]7O)[C@H](O)[C@H]6O)CC[C@]45C)[C@]2(C)C[C@H](OC(C)=O)[C@@H]31. The third kappa shape index (κ3) is 14.5.